The molecule has 0 spiro atoms. The van der Waals surface area contributed by atoms with Crippen LogP contribution in [0.25, 0.3) is 11.5 Å². The normalized spacial score (nSPS) is 10.7. The molecule has 4 rings (SSSR count). The van der Waals surface area contributed by atoms with E-state index in [4.69, 9.17) is 16.1 Å². The van der Waals surface area contributed by atoms with Gasteiger partial charge in [-0.05, 0) is 61.0 Å². The molecule has 7 nitrogen and oxygen atoms in total. The van der Waals surface area contributed by atoms with Crippen molar-refractivity contribution in [3.8, 4) is 11.5 Å². The van der Waals surface area contributed by atoms with Gasteiger partial charge in [-0.25, -0.2) is 8.78 Å². The summed E-state index contributed by atoms with van der Waals surface area (Å²) in [7, 11) is 0. The van der Waals surface area contributed by atoms with Gasteiger partial charge in [0.2, 0.25) is 0 Å². The molecule has 0 fully saturated rings. The van der Waals surface area contributed by atoms with Gasteiger partial charge in [0.25, 0.3) is 17.7 Å². The maximum atomic E-state index is 14.4. The zero-order valence-electron chi connectivity index (χ0n) is 17.7. The third-order valence-electron chi connectivity index (χ3n) is 4.83. The monoisotopic (exact) mass is 482 g/mol. The van der Waals surface area contributed by atoms with Gasteiger partial charge in [0.1, 0.15) is 11.6 Å². The summed E-state index contributed by atoms with van der Waals surface area (Å²) >= 11 is 6.07. The summed E-state index contributed by atoms with van der Waals surface area (Å²) in [5.41, 5.74) is 1.30. The number of aryl methyl sites for hydroxylation is 1. The van der Waals surface area contributed by atoms with Crippen LogP contribution >= 0.6 is 11.6 Å². The highest BCUT2D eigenvalue weighted by Gasteiger charge is 2.19. The largest absolute Gasteiger partial charge is 0.348 e. The molecule has 4 aromatic rings. The number of nitrogens with zero attached hydrogens (tertiary/aromatic N) is 2. The fourth-order valence-electron chi connectivity index (χ4n) is 3.09. The van der Waals surface area contributed by atoms with Crippen molar-refractivity contribution in [3.63, 3.8) is 0 Å². The van der Waals surface area contributed by atoms with Crippen LogP contribution in [-0.2, 0) is 6.54 Å². The molecule has 0 aliphatic carbocycles. The molecule has 172 valence electrons. The fraction of sp³-hybridized carbons (Fsp3) is 0.0833. The molecular weight excluding hydrogens is 466 g/mol. The second-order valence-corrected chi connectivity index (χ2v) is 7.71. The van der Waals surface area contributed by atoms with Gasteiger partial charge in [0.15, 0.2) is 5.82 Å². The van der Waals surface area contributed by atoms with Gasteiger partial charge in [0.05, 0.1) is 16.1 Å². The molecule has 0 aliphatic heterocycles. The predicted molar refractivity (Wildman–Crippen MR) is 121 cm³/mol. The number of carbonyl (C=O) groups excluding carboxylic acids is 2. The molecule has 0 aliphatic rings. The number of hydrogen-bond donors (Lipinski definition) is 2. The Bertz CT molecular complexity index is 1360. The van der Waals surface area contributed by atoms with Gasteiger partial charge < -0.3 is 15.2 Å². The zero-order valence-corrected chi connectivity index (χ0v) is 18.5. The Morgan fingerprint density at radius 3 is 2.32 bits per heavy atom. The topological polar surface area (TPSA) is 97.1 Å². The molecule has 34 heavy (non-hydrogen) atoms. The van der Waals surface area contributed by atoms with Crippen LogP contribution in [0.2, 0.25) is 5.02 Å². The molecule has 10 heteroatoms. The second-order valence-electron chi connectivity index (χ2n) is 7.30. The van der Waals surface area contributed by atoms with E-state index in [2.05, 4.69) is 20.8 Å². The number of halogens is 3. The highest BCUT2D eigenvalue weighted by atomic mass is 35.5. The fourth-order valence-corrected chi connectivity index (χ4v) is 3.32. The summed E-state index contributed by atoms with van der Waals surface area (Å²) in [4.78, 5) is 29.4. The van der Waals surface area contributed by atoms with Crippen molar-refractivity contribution < 1.29 is 22.9 Å². The van der Waals surface area contributed by atoms with Crippen LogP contribution in [0.4, 0.5) is 14.5 Å². The van der Waals surface area contributed by atoms with Gasteiger partial charge in [-0.1, -0.05) is 28.9 Å². The van der Waals surface area contributed by atoms with Crippen molar-refractivity contribution >= 4 is 29.1 Å². The van der Waals surface area contributed by atoms with Crippen molar-refractivity contribution in [1.82, 2.24) is 15.5 Å². The van der Waals surface area contributed by atoms with E-state index in [0.717, 1.165) is 12.1 Å². The first-order chi connectivity index (χ1) is 16.3. The smallest absolute Gasteiger partial charge is 0.257 e. The number of benzene rings is 3. The Kier molecular flexibility index (Phi) is 6.65. The minimum atomic E-state index is -0.877. The van der Waals surface area contributed by atoms with E-state index in [1.165, 1.54) is 24.3 Å². The molecule has 0 bridgehead atoms. The van der Waals surface area contributed by atoms with Crippen molar-refractivity contribution in [3.05, 3.63) is 99.8 Å². The van der Waals surface area contributed by atoms with Crippen molar-refractivity contribution in [2.45, 2.75) is 13.5 Å². The minimum Gasteiger partial charge on any atom is -0.348 e. The Hall–Kier alpha value is -4.11. The number of rotatable bonds is 6. The third kappa shape index (κ3) is 5.26. The predicted octanol–water partition coefficient (Wildman–Crippen LogP) is 5.16. The Balaban J connectivity index is 1.47. The summed E-state index contributed by atoms with van der Waals surface area (Å²) < 4.78 is 32.5. The molecule has 1 heterocycles. The lowest BCUT2D eigenvalue weighted by Gasteiger charge is -2.11. The van der Waals surface area contributed by atoms with E-state index in [9.17, 15) is 18.4 Å². The third-order valence-corrected chi connectivity index (χ3v) is 5.14. The molecular formula is C24H17ClF2N4O3. The quantitative estimate of drug-likeness (QED) is 0.395. The van der Waals surface area contributed by atoms with Crippen LogP contribution in [0, 0.1) is 18.6 Å². The maximum absolute atomic E-state index is 14.4. The SMILES string of the molecule is Cc1noc(-c2ccc(NC(=O)c3cc(C(=O)NCc4ccc(F)cc4)c(F)cc3Cl)cc2)n1. The van der Waals surface area contributed by atoms with E-state index in [1.807, 2.05) is 0 Å². The van der Waals surface area contributed by atoms with E-state index in [1.54, 1.807) is 31.2 Å². The number of amides is 2. The maximum Gasteiger partial charge on any atom is 0.257 e. The highest BCUT2D eigenvalue weighted by Crippen LogP contribution is 2.24. The summed E-state index contributed by atoms with van der Waals surface area (Å²) in [5.74, 6) is -1.82. The molecule has 2 amide bonds. The summed E-state index contributed by atoms with van der Waals surface area (Å²) in [6.07, 6.45) is 0. The van der Waals surface area contributed by atoms with Gasteiger partial charge >= 0.3 is 0 Å². The van der Waals surface area contributed by atoms with Crippen LogP contribution in [-0.4, -0.2) is 22.0 Å². The van der Waals surface area contributed by atoms with Crippen LogP contribution in [0.3, 0.4) is 0 Å². The van der Waals surface area contributed by atoms with Crippen LogP contribution in [0.15, 0.2) is 65.2 Å². The molecule has 0 saturated carbocycles. The average molecular weight is 483 g/mol. The Morgan fingerprint density at radius 1 is 0.971 bits per heavy atom. The van der Waals surface area contributed by atoms with Gasteiger partial charge in [0, 0.05) is 17.8 Å². The molecule has 1 aromatic heterocycles. The molecule has 2 N–H and O–H groups in total. The van der Waals surface area contributed by atoms with Crippen molar-refractivity contribution in [2.24, 2.45) is 0 Å². The zero-order chi connectivity index (χ0) is 24.2. The second kappa shape index (κ2) is 9.80. The van der Waals surface area contributed by atoms with E-state index >= 15 is 0 Å². The molecule has 3 aromatic carbocycles. The Labute approximate surface area is 197 Å². The number of carbonyl (C=O) groups is 2. The lowest BCUT2D eigenvalue weighted by Crippen LogP contribution is -2.24. The van der Waals surface area contributed by atoms with Crippen LogP contribution in [0.5, 0.6) is 0 Å². The number of nitrogens with one attached hydrogen (secondary N) is 2. The van der Waals surface area contributed by atoms with Gasteiger partial charge in [-0.2, -0.15) is 4.98 Å². The average Bonchev–Trinajstić information content (AvgIpc) is 3.25. The summed E-state index contributed by atoms with van der Waals surface area (Å²) in [5, 5.41) is 8.77. The van der Waals surface area contributed by atoms with E-state index in [-0.39, 0.29) is 22.7 Å². The van der Waals surface area contributed by atoms with Gasteiger partial charge in [-0.15, -0.1) is 0 Å². The van der Waals surface area contributed by atoms with Crippen molar-refractivity contribution in [2.75, 3.05) is 5.32 Å². The molecule has 0 unspecified atom stereocenters. The first-order valence-corrected chi connectivity index (χ1v) is 10.4. The lowest BCUT2D eigenvalue weighted by molar-refractivity contribution is 0.0947. The first kappa shape index (κ1) is 23.1. The lowest BCUT2D eigenvalue weighted by atomic mass is 10.1. The standard InChI is InChI=1S/C24H17ClF2N4O3/c1-13-29-24(34-31-13)15-4-8-17(9-5-15)30-23(33)18-10-19(21(27)11-20(18)25)22(32)28-12-14-2-6-16(26)7-3-14/h2-11H,12H2,1H3,(H,28,32)(H,30,33). The van der Waals surface area contributed by atoms with E-state index in [0.29, 0.717) is 28.5 Å². The van der Waals surface area contributed by atoms with E-state index < -0.39 is 23.4 Å². The number of hydrogen-bond acceptors (Lipinski definition) is 5. The number of anilines is 1. The minimum absolute atomic E-state index is 0.0502. The molecule has 0 radical (unpaired) electrons. The summed E-state index contributed by atoms with van der Waals surface area (Å²) in [6.45, 7) is 1.75. The number of aromatic nitrogens is 2. The first-order valence-electron chi connectivity index (χ1n) is 10.0. The van der Waals surface area contributed by atoms with Gasteiger partial charge in [-0.3, -0.25) is 9.59 Å². The van der Waals surface area contributed by atoms with Crippen LogP contribution in [0.1, 0.15) is 32.1 Å². The van der Waals surface area contributed by atoms with Crippen LogP contribution < -0.4 is 10.6 Å². The molecule has 0 atom stereocenters. The molecule has 0 saturated heterocycles. The summed E-state index contributed by atoms with van der Waals surface area (Å²) in [6, 6.07) is 14.1. The Morgan fingerprint density at radius 2 is 1.68 bits per heavy atom. The van der Waals surface area contributed by atoms with Crippen molar-refractivity contribution in [1.29, 1.82) is 0 Å². The highest BCUT2D eigenvalue weighted by molar-refractivity contribution is 6.34.